The molecule has 0 radical (unpaired) electrons. The number of hydrogen-bond donors (Lipinski definition) is 2. The highest BCUT2D eigenvalue weighted by atomic mass is 32.2. The number of hydrogen-bond acceptors (Lipinski definition) is 8. The molecule has 2 aliphatic rings. The van der Waals surface area contributed by atoms with Crippen molar-refractivity contribution in [3.8, 4) is 10.7 Å². The normalized spacial score (nSPS) is 24.0. The summed E-state index contributed by atoms with van der Waals surface area (Å²) in [5, 5.41) is 10.2. The van der Waals surface area contributed by atoms with Crippen LogP contribution in [0.4, 0.5) is 23.2 Å². The van der Waals surface area contributed by atoms with E-state index >= 15 is 0 Å². The van der Waals surface area contributed by atoms with Crippen LogP contribution < -0.4 is 10.6 Å². The lowest BCUT2D eigenvalue weighted by molar-refractivity contribution is -0.119. The van der Waals surface area contributed by atoms with Gasteiger partial charge in [0.25, 0.3) is 0 Å². The average molecular weight is 516 g/mol. The molecule has 182 valence electrons. The fourth-order valence-electron chi connectivity index (χ4n) is 4.26. The number of amides is 1. The molecule has 3 aromatic rings. The van der Waals surface area contributed by atoms with E-state index in [1.54, 1.807) is 18.2 Å². The van der Waals surface area contributed by atoms with E-state index in [0.29, 0.717) is 48.1 Å². The molecule has 2 aliphatic heterocycles. The molecule has 0 saturated carbocycles. The predicted molar refractivity (Wildman–Crippen MR) is 122 cm³/mol. The maximum atomic E-state index is 14.6. The lowest BCUT2D eigenvalue weighted by Crippen LogP contribution is -2.47. The van der Waals surface area contributed by atoms with Crippen LogP contribution >= 0.6 is 23.1 Å². The number of thioether (sulfide) groups is 1. The number of carbonyl (C=O) groups is 1. The van der Waals surface area contributed by atoms with Gasteiger partial charge < -0.3 is 20.1 Å². The summed E-state index contributed by atoms with van der Waals surface area (Å²) in [7, 11) is 1.91. The van der Waals surface area contributed by atoms with Crippen molar-refractivity contribution in [1.82, 2.24) is 20.4 Å². The molecule has 0 aliphatic carbocycles. The lowest BCUT2D eigenvalue weighted by Gasteiger charge is -2.33. The highest BCUT2D eigenvalue weighted by Gasteiger charge is 2.35. The second kappa shape index (κ2) is 9.00. The summed E-state index contributed by atoms with van der Waals surface area (Å²) in [4.78, 5) is 18.0. The Morgan fingerprint density at radius 2 is 2.15 bits per heavy atom. The van der Waals surface area contributed by atoms with Gasteiger partial charge in [-0.05, 0) is 37.7 Å². The van der Waals surface area contributed by atoms with Crippen molar-refractivity contribution in [1.29, 1.82) is 0 Å². The number of alkyl halides is 4. The van der Waals surface area contributed by atoms with Gasteiger partial charge in [-0.2, -0.15) is 18.2 Å². The molecule has 3 atom stereocenters. The molecule has 1 amide bonds. The van der Waals surface area contributed by atoms with E-state index in [4.69, 9.17) is 4.52 Å². The van der Waals surface area contributed by atoms with Gasteiger partial charge in [-0.1, -0.05) is 17.3 Å². The maximum absolute atomic E-state index is 14.6. The summed E-state index contributed by atoms with van der Waals surface area (Å²) >= 11 is 0.865. The molecule has 2 saturated heterocycles. The first-order valence-electron chi connectivity index (χ1n) is 10.7. The molecule has 13 heteroatoms. The maximum Gasteiger partial charge on any atom is 0.446 e. The number of carbonyl (C=O) groups excluding carboxylic acids is 1. The van der Waals surface area contributed by atoms with Crippen molar-refractivity contribution in [2.75, 3.05) is 25.5 Å². The van der Waals surface area contributed by atoms with Crippen LogP contribution in [0.1, 0.15) is 31.2 Å². The summed E-state index contributed by atoms with van der Waals surface area (Å²) in [5.74, 6) is 0.0381. The van der Waals surface area contributed by atoms with Gasteiger partial charge in [0, 0.05) is 29.8 Å². The minimum absolute atomic E-state index is 0.0239. The van der Waals surface area contributed by atoms with Crippen molar-refractivity contribution in [2.45, 2.75) is 47.9 Å². The minimum Gasteiger partial charge on any atom is -0.377 e. The number of piperidine rings is 1. The average Bonchev–Trinajstić information content (AvgIpc) is 3.49. The lowest BCUT2D eigenvalue weighted by atomic mass is 10.0. The summed E-state index contributed by atoms with van der Waals surface area (Å²) < 4.78 is 60.9. The Bertz CT molecular complexity index is 1210. The fourth-order valence-corrected chi connectivity index (χ4v) is 6.37. The first-order valence-corrected chi connectivity index (χ1v) is 12.3. The topological polar surface area (TPSA) is 83.3 Å². The highest BCUT2D eigenvalue weighted by Crippen LogP contribution is 2.50. The molecular formula is C21H21F4N5O2S2. The number of halogens is 4. The third kappa shape index (κ3) is 4.73. The van der Waals surface area contributed by atoms with Crippen LogP contribution in [0.2, 0.25) is 0 Å². The third-order valence-electron chi connectivity index (χ3n) is 5.90. The van der Waals surface area contributed by atoms with Crippen LogP contribution in [0, 0.1) is 0 Å². The van der Waals surface area contributed by atoms with Crippen molar-refractivity contribution in [3.05, 3.63) is 24.1 Å². The number of fused-ring (bicyclic) bond motifs is 1. The van der Waals surface area contributed by atoms with Crippen molar-refractivity contribution in [3.63, 3.8) is 0 Å². The van der Waals surface area contributed by atoms with Gasteiger partial charge in [0.05, 0.1) is 21.3 Å². The Morgan fingerprint density at radius 3 is 2.88 bits per heavy atom. The minimum atomic E-state index is -4.53. The van der Waals surface area contributed by atoms with Gasteiger partial charge in [-0.15, -0.1) is 11.3 Å². The summed E-state index contributed by atoms with van der Waals surface area (Å²) in [6.45, 7) is 1.14. The van der Waals surface area contributed by atoms with E-state index in [0.717, 1.165) is 11.3 Å². The predicted octanol–water partition coefficient (Wildman–Crippen LogP) is 4.97. The van der Waals surface area contributed by atoms with Gasteiger partial charge in [0.15, 0.2) is 0 Å². The fraction of sp³-hybridized carbons (Fsp3) is 0.476. The molecule has 2 N–H and O–H groups in total. The van der Waals surface area contributed by atoms with Gasteiger partial charge >= 0.3 is 5.51 Å². The highest BCUT2D eigenvalue weighted by molar-refractivity contribution is 8.00. The van der Waals surface area contributed by atoms with E-state index in [1.807, 2.05) is 11.9 Å². The van der Waals surface area contributed by atoms with Crippen LogP contribution in [0.5, 0.6) is 0 Å². The Balaban J connectivity index is 1.55. The van der Waals surface area contributed by atoms with E-state index in [9.17, 15) is 22.4 Å². The molecule has 0 unspecified atom stereocenters. The van der Waals surface area contributed by atoms with E-state index < -0.39 is 23.8 Å². The first-order chi connectivity index (χ1) is 16.2. The molecule has 2 aromatic heterocycles. The van der Waals surface area contributed by atoms with Crippen LogP contribution in [0.15, 0.2) is 27.6 Å². The zero-order chi connectivity index (χ0) is 24.0. The standard InChI is InChI=1S/C21H21F4N5O2S2/c1-30-8-7-11(22)14(9-30)26-12-4-2-3-10-16(12)33-18(17(10)34-21(23,24)25)19-28-20(32-29-19)13-5-6-15(31)27-13/h2-4,11,13-14,26H,5-9H2,1H3,(H,27,31)/t11-,13+,14+/m0/s1. The second-order valence-electron chi connectivity index (χ2n) is 8.42. The first kappa shape index (κ1) is 23.4. The molecule has 2 fully saturated rings. The molecule has 0 bridgehead atoms. The van der Waals surface area contributed by atoms with Crippen LogP contribution in [-0.2, 0) is 4.79 Å². The summed E-state index contributed by atoms with van der Waals surface area (Å²) in [6, 6.07) is 4.06. The zero-order valence-corrected chi connectivity index (χ0v) is 19.6. The smallest absolute Gasteiger partial charge is 0.377 e. The number of likely N-dealkylation sites (tertiary alicyclic amines) is 1. The monoisotopic (exact) mass is 515 g/mol. The number of aromatic nitrogens is 2. The number of rotatable bonds is 5. The molecule has 4 heterocycles. The SMILES string of the molecule is CN1CC[C@H](F)[C@H](Nc2cccc3c(SC(F)(F)F)c(-c4noc([C@H]5CCC(=O)N5)n4)sc23)C1. The van der Waals surface area contributed by atoms with Crippen LogP contribution in [0.25, 0.3) is 20.8 Å². The van der Waals surface area contributed by atoms with Crippen molar-refractivity contribution in [2.24, 2.45) is 0 Å². The van der Waals surface area contributed by atoms with Crippen LogP contribution in [0.3, 0.4) is 0 Å². The number of thiophene rings is 1. The Hall–Kier alpha value is -2.38. The molecule has 1 aromatic carbocycles. The quantitative estimate of drug-likeness (QED) is 0.367. The molecular weight excluding hydrogens is 494 g/mol. The van der Waals surface area contributed by atoms with E-state index in [-0.39, 0.29) is 39.2 Å². The van der Waals surface area contributed by atoms with Gasteiger partial charge in [-0.25, -0.2) is 4.39 Å². The molecule has 34 heavy (non-hydrogen) atoms. The van der Waals surface area contributed by atoms with Gasteiger partial charge in [-0.3, -0.25) is 4.79 Å². The van der Waals surface area contributed by atoms with Crippen LogP contribution in [-0.4, -0.2) is 58.8 Å². The number of nitrogens with zero attached hydrogens (tertiary/aromatic N) is 3. The van der Waals surface area contributed by atoms with E-state index in [1.165, 1.54) is 0 Å². The summed E-state index contributed by atoms with van der Waals surface area (Å²) in [5.41, 5.74) is -3.97. The van der Waals surface area contributed by atoms with Gasteiger partial charge in [0.1, 0.15) is 12.2 Å². The third-order valence-corrected chi connectivity index (χ3v) is 8.12. The molecule has 0 spiro atoms. The summed E-state index contributed by atoms with van der Waals surface area (Å²) in [6.07, 6.45) is 0.127. The van der Waals surface area contributed by atoms with Gasteiger partial charge in [0.2, 0.25) is 17.6 Å². The molecule has 5 rings (SSSR count). The Morgan fingerprint density at radius 1 is 1.32 bits per heavy atom. The zero-order valence-electron chi connectivity index (χ0n) is 18.0. The largest absolute Gasteiger partial charge is 0.446 e. The second-order valence-corrected chi connectivity index (χ2v) is 10.5. The Kier molecular flexibility index (Phi) is 6.19. The Labute approximate surface area is 200 Å². The van der Waals surface area contributed by atoms with Crippen molar-refractivity contribution < 1.29 is 26.9 Å². The number of nitrogens with one attached hydrogen (secondary N) is 2. The number of anilines is 1. The number of benzene rings is 1. The number of likely N-dealkylation sites (N-methyl/N-ethyl adjacent to an activating group) is 1. The molecule has 7 nitrogen and oxygen atoms in total. The van der Waals surface area contributed by atoms with E-state index in [2.05, 4.69) is 20.8 Å². The van der Waals surface area contributed by atoms with Crippen molar-refractivity contribution >= 4 is 44.8 Å².